The van der Waals surface area contributed by atoms with Crippen molar-refractivity contribution in [2.45, 2.75) is 27.2 Å². The number of aryl methyl sites for hydroxylation is 2. The molecular weight excluding hydrogens is 174 g/mol. The fourth-order valence-electron chi connectivity index (χ4n) is 1.62. The van der Waals surface area contributed by atoms with Crippen LogP contribution in [0, 0.1) is 13.8 Å². The van der Waals surface area contributed by atoms with E-state index < -0.39 is 0 Å². The summed E-state index contributed by atoms with van der Waals surface area (Å²) in [5.74, 6) is 0.973. The van der Waals surface area contributed by atoms with E-state index in [1.54, 1.807) is 0 Å². The van der Waals surface area contributed by atoms with Crippen molar-refractivity contribution in [1.82, 2.24) is 0 Å². The second kappa shape index (κ2) is 4.89. The van der Waals surface area contributed by atoms with Crippen molar-refractivity contribution in [3.05, 3.63) is 23.3 Å². The Morgan fingerprint density at radius 1 is 1.21 bits per heavy atom. The third kappa shape index (κ3) is 2.41. The van der Waals surface area contributed by atoms with E-state index in [0.717, 1.165) is 18.8 Å². The molecule has 0 bridgehead atoms. The van der Waals surface area contributed by atoms with Crippen LogP contribution in [0.4, 0.5) is 5.69 Å². The zero-order chi connectivity index (χ0) is 10.6. The van der Waals surface area contributed by atoms with Gasteiger partial charge in [-0.15, -0.1) is 0 Å². The van der Waals surface area contributed by atoms with Gasteiger partial charge in [-0.2, -0.15) is 0 Å². The van der Waals surface area contributed by atoms with Crippen molar-refractivity contribution >= 4 is 5.69 Å². The zero-order valence-electron chi connectivity index (χ0n) is 9.48. The zero-order valence-corrected chi connectivity index (χ0v) is 9.48. The Morgan fingerprint density at radius 3 is 2.21 bits per heavy atom. The van der Waals surface area contributed by atoms with Crippen LogP contribution in [0.3, 0.4) is 0 Å². The topological polar surface area (TPSA) is 21.3 Å². The number of hydrogen-bond acceptors (Lipinski definition) is 2. The molecule has 0 unspecified atom stereocenters. The summed E-state index contributed by atoms with van der Waals surface area (Å²) < 4.78 is 5.59. The summed E-state index contributed by atoms with van der Waals surface area (Å²) in [6, 6.07) is 4.16. The first kappa shape index (κ1) is 10.9. The van der Waals surface area contributed by atoms with E-state index in [4.69, 9.17) is 4.74 Å². The quantitative estimate of drug-likeness (QED) is 0.793. The highest BCUT2D eigenvalue weighted by Crippen LogP contribution is 2.25. The molecule has 78 valence electrons. The number of ether oxygens (including phenoxy) is 1. The summed E-state index contributed by atoms with van der Waals surface area (Å²) in [5, 5.41) is 3.19. The van der Waals surface area contributed by atoms with Gasteiger partial charge in [0.25, 0.3) is 0 Å². The number of anilines is 1. The van der Waals surface area contributed by atoms with Crippen LogP contribution in [0.15, 0.2) is 12.1 Å². The van der Waals surface area contributed by atoms with Gasteiger partial charge in [-0.1, -0.05) is 6.92 Å². The largest absolute Gasteiger partial charge is 0.494 e. The average molecular weight is 193 g/mol. The third-order valence-electron chi connectivity index (χ3n) is 2.23. The SMILES string of the molecule is CCCOc1cc(C)c(NC)c(C)c1. The van der Waals surface area contributed by atoms with E-state index >= 15 is 0 Å². The Balaban J connectivity index is 2.90. The molecule has 14 heavy (non-hydrogen) atoms. The van der Waals surface area contributed by atoms with Crippen LogP contribution in [0.25, 0.3) is 0 Å². The second-order valence-electron chi connectivity index (χ2n) is 3.53. The highest BCUT2D eigenvalue weighted by Gasteiger charge is 2.03. The van der Waals surface area contributed by atoms with E-state index in [0.29, 0.717) is 0 Å². The Labute approximate surface area is 86.3 Å². The lowest BCUT2D eigenvalue weighted by Crippen LogP contribution is -1.99. The van der Waals surface area contributed by atoms with Gasteiger partial charge in [0.2, 0.25) is 0 Å². The monoisotopic (exact) mass is 193 g/mol. The van der Waals surface area contributed by atoms with Crippen molar-refractivity contribution in [2.75, 3.05) is 19.0 Å². The molecule has 0 aliphatic rings. The van der Waals surface area contributed by atoms with Crippen LogP contribution in [-0.4, -0.2) is 13.7 Å². The standard InChI is InChI=1S/C12H19NO/c1-5-6-14-11-7-9(2)12(13-4)10(3)8-11/h7-8,13H,5-6H2,1-4H3. The highest BCUT2D eigenvalue weighted by atomic mass is 16.5. The van der Waals surface area contributed by atoms with Gasteiger partial charge in [0.05, 0.1) is 6.61 Å². The minimum Gasteiger partial charge on any atom is -0.494 e. The summed E-state index contributed by atoms with van der Waals surface area (Å²) in [4.78, 5) is 0. The van der Waals surface area contributed by atoms with Crippen LogP contribution in [-0.2, 0) is 0 Å². The maximum absolute atomic E-state index is 5.59. The summed E-state index contributed by atoms with van der Waals surface area (Å²) in [7, 11) is 1.95. The molecule has 0 radical (unpaired) electrons. The molecule has 0 spiro atoms. The van der Waals surface area contributed by atoms with Crippen LogP contribution in [0.5, 0.6) is 5.75 Å². The van der Waals surface area contributed by atoms with E-state index in [2.05, 4.69) is 38.2 Å². The lowest BCUT2D eigenvalue weighted by atomic mass is 10.1. The number of benzene rings is 1. The molecule has 0 saturated carbocycles. The molecule has 0 atom stereocenters. The number of rotatable bonds is 4. The van der Waals surface area contributed by atoms with Gasteiger partial charge in [-0.25, -0.2) is 0 Å². The molecule has 2 nitrogen and oxygen atoms in total. The van der Waals surface area contributed by atoms with Crippen LogP contribution < -0.4 is 10.1 Å². The second-order valence-corrected chi connectivity index (χ2v) is 3.53. The molecule has 0 aliphatic heterocycles. The van der Waals surface area contributed by atoms with Crippen LogP contribution >= 0.6 is 0 Å². The summed E-state index contributed by atoms with van der Waals surface area (Å²) >= 11 is 0. The molecule has 1 N–H and O–H groups in total. The van der Waals surface area contributed by atoms with Gasteiger partial charge in [0.15, 0.2) is 0 Å². The van der Waals surface area contributed by atoms with Crippen molar-refractivity contribution in [3.63, 3.8) is 0 Å². The van der Waals surface area contributed by atoms with Gasteiger partial charge < -0.3 is 10.1 Å². The van der Waals surface area contributed by atoms with E-state index in [-0.39, 0.29) is 0 Å². The molecule has 0 fully saturated rings. The predicted molar refractivity (Wildman–Crippen MR) is 61.2 cm³/mol. The van der Waals surface area contributed by atoms with Gasteiger partial charge in [-0.3, -0.25) is 0 Å². The molecule has 1 aromatic carbocycles. The molecule has 1 rings (SSSR count). The number of nitrogens with one attached hydrogen (secondary N) is 1. The first-order valence-electron chi connectivity index (χ1n) is 5.10. The van der Waals surface area contributed by atoms with Crippen molar-refractivity contribution in [3.8, 4) is 5.75 Å². The Hall–Kier alpha value is -1.18. The molecule has 0 saturated heterocycles. The highest BCUT2D eigenvalue weighted by molar-refractivity contribution is 5.59. The van der Waals surface area contributed by atoms with E-state index in [9.17, 15) is 0 Å². The smallest absolute Gasteiger partial charge is 0.119 e. The van der Waals surface area contributed by atoms with Crippen LogP contribution in [0.2, 0.25) is 0 Å². The first-order chi connectivity index (χ1) is 6.69. The Kier molecular flexibility index (Phi) is 3.81. The Bertz CT molecular complexity index is 284. The maximum Gasteiger partial charge on any atom is 0.119 e. The molecule has 0 heterocycles. The molecule has 0 amide bonds. The molecule has 1 aromatic rings. The lowest BCUT2D eigenvalue weighted by molar-refractivity contribution is 0.317. The molecular formula is C12H19NO. The van der Waals surface area contributed by atoms with Crippen LogP contribution in [0.1, 0.15) is 24.5 Å². The van der Waals surface area contributed by atoms with Crippen molar-refractivity contribution < 1.29 is 4.74 Å². The molecule has 2 heteroatoms. The number of hydrogen-bond donors (Lipinski definition) is 1. The van der Waals surface area contributed by atoms with Gasteiger partial charge in [0.1, 0.15) is 5.75 Å². The van der Waals surface area contributed by atoms with Gasteiger partial charge >= 0.3 is 0 Å². The lowest BCUT2D eigenvalue weighted by Gasteiger charge is -2.12. The van der Waals surface area contributed by atoms with E-state index in [1.807, 2.05) is 7.05 Å². The molecule has 0 aromatic heterocycles. The van der Waals surface area contributed by atoms with Crippen molar-refractivity contribution in [2.24, 2.45) is 0 Å². The fourth-order valence-corrected chi connectivity index (χ4v) is 1.62. The fraction of sp³-hybridized carbons (Fsp3) is 0.500. The Morgan fingerprint density at radius 2 is 1.79 bits per heavy atom. The molecule has 0 aliphatic carbocycles. The first-order valence-corrected chi connectivity index (χ1v) is 5.10. The van der Waals surface area contributed by atoms with Gasteiger partial charge in [0, 0.05) is 12.7 Å². The predicted octanol–water partition coefficient (Wildman–Crippen LogP) is 3.13. The normalized spacial score (nSPS) is 10.0. The summed E-state index contributed by atoms with van der Waals surface area (Å²) in [6.45, 7) is 7.09. The summed E-state index contributed by atoms with van der Waals surface area (Å²) in [5.41, 5.74) is 3.67. The third-order valence-corrected chi connectivity index (χ3v) is 2.23. The van der Waals surface area contributed by atoms with Crippen molar-refractivity contribution in [1.29, 1.82) is 0 Å². The minimum atomic E-state index is 0.789. The van der Waals surface area contributed by atoms with E-state index in [1.165, 1.54) is 16.8 Å². The maximum atomic E-state index is 5.59. The minimum absolute atomic E-state index is 0.789. The average Bonchev–Trinajstić information content (AvgIpc) is 2.14. The van der Waals surface area contributed by atoms with Gasteiger partial charge in [-0.05, 0) is 43.5 Å². The summed E-state index contributed by atoms with van der Waals surface area (Å²) in [6.07, 6.45) is 1.05.